The molecule has 2 rings (SSSR count). The Morgan fingerprint density at radius 2 is 2.11 bits per heavy atom. The molecule has 1 aliphatic rings. The van der Waals surface area contributed by atoms with E-state index in [2.05, 4.69) is 46.8 Å². The standard InChI is InChI=1S/C14H26N4/c1-13(14-4-8-16(2)12-14)18-7-3-6-17(9-5-15)10-11-18/h4,8,12-13H,3,5-7,9-11,15H2,1-2H3. The van der Waals surface area contributed by atoms with Crippen LogP contribution in [-0.2, 0) is 7.05 Å². The van der Waals surface area contributed by atoms with Crippen LogP contribution >= 0.6 is 0 Å². The van der Waals surface area contributed by atoms with Crippen LogP contribution in [0.3, 0.4) is 0 Å². The molecule has 0 radical (unpaired) electrons. The molecule has 1 atom stereocenters. The topological polar surface area (TPSA) is 37.4 Å². The fraction of sp³-hybridized carbons (Fsp3) is 0.714. The average molecular weight is 250 g/mol. The Kier molecular flexibility index (Phi) is 4.80. The highest BCUT2D eigenvalue weighted by Gasteiger charge is 2.20. The van der Waals surface area contributed by atoms with Crippen LogP contribution in [-0.4, -0.2) is 53.6 Å². The fourth-order valence-corrected chi connectivity index (χ4v) is 2.77. The number of hydrogen-bond donors (Lipinski definition) is 1. The summed E-state index contributed by atoms with van der Waals surface area (Å²) >= 11 is 0. The van der Waals surface area contributed by atoms with Crippen LogP contribution < -0.4 is 5.73 Å². The lowest BCUT2D eigenvalue weighted by molar-refractivity contribution is 0.211. The van der Waals surface area contributed by atoms with Crippen molar-refractivity contribution in [3.63, 3.8) is 0 Å². The Morgan fingerprint density at radius 3 is 2.78 bits per heavy atom. The Morgan fingerprint density at radius 1 is 1.28 bits per heavy atom. The molecule has 1 unspecified atom stereocenters. The molecule has 0 bridgehead atoms. The molecule has 0 spiro atoms. The van der Waals surface area contributed by atoms with E-state index in [0.717, 1.165) is 26.2 Å². The van der Waals surface area contributed by atoms with Gasteiger partial charge in [-0.05, 0) is 31.5 Å². The average Bonchev–Trinajstić information content (AvgIpc) is 2.65. The van der Waals surface area contributed by atoms with Crippen molar-refractivity contribution in [2.45, 2.75) is 19.4 Å². The minimum absolute atomic E-state index is 0.518. The van der Waals surface area contributed by atoms with E-state index in [0.29, 0.717) is 6.04 Å². The van der Waals surface area contributed by atoms with Gasteiger partial charge in [0.15, 0.2) is 0 Å². The predicted molar refractivity (Wildman–Crippen MR) is 75.5 cm³/mol. The van der Waals surface area contributed by atoms with Gasteiger partial charge in [0, 0.05) is 58.2 Å². The first-order valence-corrected chi connectivity index (χ1v) is 6.99. The van der Waals surface area contributed by atoms with Crippen LogP contribution in [0.15, 0.2) is 18.5 Å². The molecule has 0 amide bonds. The van der Waals surface area contributed by atoms with E-state index < -0.39 is 0 Å². The van der Waals surface area contributed by atoms with E-state index in [4.69, 9.17) is 5.73 Å². The third-order valence-electron chi connectivity index (χ3n) is 3.95. The van der Waals surface area contributed by atoms with Gasteiger partial charge in [-0.1, -0.05) is 0 Å². The lowest BCUT2D eigenvalue weighted by Crippen LogP contribution is -2.34. The molecule has 2 N–H and O–H groups in total. The van der Waals surface area contributed by atoms with Gasteiger partial charge in [-0.2, -0.15) is 0 Å². The molecule has 0 aromatic carbocycles. The first-order chi connectivity index (χ1) is 8.70. The number of rotatable bonds is 4. The predicted octanol–water partition coefficient (Wildman–Crippen LogP) is 1.05. The molecule has 1 fully saturated rings. The largest absolute Gasteiger partial charge is 0.357 e. The zero-order valence-electron chi connectivity index (χ0n) is 11.7. The lowest BCUT2D eigenvalue weighted by atomic mass is 10.1. The van der Waals surface area contributed by atoms with E-state index in [-0.39, 0.29) is 0 Å². The summed E-state index contributed by atoms with van der Waals surface area (Å²) in [6, 6.07) is 2.75. The Hall–Kier alpha value is -0.840. The van der Waals surface area contributed by atoms with Crippen molar-refractivity contribution < 1.29 is 0 Å². The molecule has 4 nitrogen and oxygen atoms in total. The van der Waals surface area contributed by atoms with Gasteiger partial charge in [0.2, 0.25) is 0 Å². The molecule has 2 heterocycles. The van der Waals surface area contributed by atoms with Crippen LogP contribution in [0.2, 0.25) is 0 Å². The molecule has 4 heteroatoms. The Balaban J connectivity index is 1.93. The maximum absolute atomic E-state index is 5.64. The molecule has 1 aliphatic heterocycles. The number of hydrogen-bond acceptors (Lipinski definition) is 3. The minimum atomic E-state index is 0.518. The molecule has 1 aromatic rings. The van der Waals surface area contributed by atoms with Crippen molar-refractivity contribution in [1.29, 1.82) is 0 Å². The summed E-state index contributed by atoms with van der Waals surface area (Å²) in [5.74, 6) is 0. The molecule has 18 heavy (non-hydrogen) atoms. The minimum Gasteiger partial charge on any atom is -0.357 e. The number of nitrogens with zero attached hydrogens (tertiary/aromatic N) is 3. The van der Waals surface area contributed by atoms with Crippen molar-refractivity contribution in [2.75, 3.05) is 39.3 Å². The molecule has 0 aliphatic carbocycles. The third-order valence-corrected chi connectivity index (χ3v) is 3.95. The SMILES string of the molecule is CC(c1ccn(C)c1)N1CCCN(CCN)CC1. The maximum atomic E-state index is 5.64. The van der Waals surface area contributed by atoms with E-state index in [1.807, 2.05) is 0 Å². The van der Waals surface area contributed by atoms with Crippen LogP contribution in [0, 0.1) is 0 Å². The van der Waals surface area contributed by atoms with Gasteiger partial charge in [-0.3, -0.25) is 4.90 Å². The van der Waals surface area contributed by atoms with Gasteiger partial charge in [0.25, 0.3) is 0 Å². The van der Waals surface area contributed by atoms with Gasteiger partial charge in [-0.15, -0.1) is 0 Å². The summed E-state index contributed by atoms with van der Waals surface area (Å²) in [6.45, 7) is 8.80. The molecule has 0 saturated carbocycles. The van der Waals surface area contributed by atoms with Crippen molar-refractivity contribution >= 4 is 0 Å². The zero-order chi connectivity index (χ0) is 13.0. The van der Waals surface area contributed by atoms with Crippen molar-refractivity contribution in [2.24, 2.45) is 12.8 Å². The first-order valence-electron chi connectivity index (χ1n) is 6.99. The van der Waals surface area contributed by atoms with Crippen LogP contribution in [0.4, 0.5) is 0 Å². The van der Waals surface area contributed by atoms with E-state index in [1.54, 1.807) is 0 Å². The maximum Gasteiger partial charge on any atom is 0.0335 e. The Bertz CT molecular complexity index is 360. The first kappa shape index (κ1) is 13.6. The van der Waals surface area contributed by atoms with Crippen LogP contribution in [0.1, 0.15) is 24.9 Å². The normalized spacial score (nSPS) is 20.8. The number of aromatic nitrogens is 1. The lowest BCUT2D eigenvalue weighted by Gasteiger charge is -2.27. The third kappa shape index (κ3) is 3.34. The van der Waals surface area contributed by atoms with Crippen LogP contribution in [0.5, 0.6) is 0 Å². The summed E-state index contributed by atoms with van der Waals surface area (Å²) < 4.78 is 2.13. The second-order valence-corrected chi connectivity index (χ2v) is 5.31. The zero-order valence-corrected chi connectivity index (χ0v) is 11.7. The molecule has 1 saturated heterocycles. The summed E-state index contributed by atoms with van der Waals surface area (Å²) in [5, 5.41) is 0. The Labute approximate surface area is 110 Å². The fourth-order valence-electron chi connectivity index (χ4n) is 2.77. The van der Waals surface area contributed by atoms with Crippen molar-refractivity contribution in [1.82, 2.24) is 14.4 Å². The highest BCUT2D eigenvalue weighted by Crippen LogP contribution is 2.21. The van der Waals surface area contributed by atoms with Gasteiger partial charge < -0.3 is 15.2 Å². The highest BCUT2D eigenvalue weighted by molar-refractivity contribution is 5.14. The van der Waals surface area contributed by atoms with Gasteiger partial charge in [0.1, 0.15) is 0 Å². The second-order valence-electron chi connectivity index (χ2n) is 5.31. The summed E-state index contributed by atoms with van der Waals surface area (Å²) in [7, 11) is 2.08. The van der Waals surface area contributed by atoms with E-state index >= 15 is 0 Å². The van der Waals surface area contributed by atoms with Crippen LogP contribution in [0.25, 0.3) is 0 Å². The quantitative estimate of drug-likeness (QED) is 0.868. The number of aryl methyl sites for hydroxylation is 1. The van der Waals surface area contributed by atoms with Gasteiger partial charge in [0.05, 0.1) is 0 Å². The molecule has 102 valence electrons. The molecular formula is C14H26N4. The smallest absolute Gasteiger partial charge is 0.0335 e. The molecule has 1 aromatic heterocycles. The summed E-state index contributed by atoms with van der Waals surface area (Å²) in [5.41, 5.74) is 7.06. The monoisotopic (exact) mass is 250 g/mol. The van der Waals surface area contributed by atoms with E-state index in [1.165, 1.54) is 25.1 Å². The molecular weight excluding hydrogens is 224 g/mol. The number of nitrogens with two attached hydrogens (primary N) is 1. The van der Waals surface area contributed by atoms with Crippen molar-refractivity contribution in [3.05, 3.63) is 24.0 Å². The van der Waals surface area contributed by atoms with Gasteiger partial charge in [-0.25, -0.2) is 0 Å². The summed E-state index contributed by atoms with van der Waals surface area (Å²) in [4.78, 5) is 5.07. The highest BCUT2D eigenvalue weighted by atomic mass is 15.2. The van der Waals surface area contributed by atoms with E-state index in [9.17, 15) is 0 Å². The summed E-state index contributed by atoms with van der Waals surface area (Å²) in [6.07, 6.45) is 5.61. The second kappa shape index (κ2) is 6.36. The van der Waals surface area contributed by atoms with Crippen molar-refractivity contribution in [3.8, 4) is 0 Å². The van der Waals surface area contributed by atoms with Gasteiger partial charge >= 0.3 is 0 Å².